The van der Waals surface area contributed by atoms with Gasteiger partial charge in [0.2, 0.25) is 0 Å². The van der Waals surface area contributed by atoms with Crippen LogP contribution in [0.1, 0.15) is 33.6 Å². The van der Waals surface area contributed by atoms with Gasteiger partial charge >= 0.3 is 0 Å². The minimum absolute atomic E-state index is 0.438. The minimum atomic E-state index is -0.591. The molecule has 0 saturated heterocycles. The molecule has 0 aliphatic rings. The fraction of sp³-hybridized carbons (Fsp3) is 0.800. The Balaban J connectivity index is 3.78. The molecule has 0 aliphatic heterocycles. The lowest BCUT2D eigenvalue weighted by molar-refractivity contribution is 0.200. The van der Waals surface area contributed by atoms with Gasteiger partial charge in [-0.1, -0.05) is 32.6 Å². The molecule has 2 heteroatoms. The van der Waals surface area contributed by atoms with Gasteiger partial charge in [0.15, 0.2) is 0 Å². The Morgan fingerprint density at radius 1 is 1.08 bits per heavy atom. The van der Waals surface area contributed by atoms with Crippen LogP contribution in [0, 0.1) is 17.8 Å². The maximum Gasteiger partial charge on any atom is 0.115 e. The number of hydrogen-bond acceptors (Lipinski definition) is 2. The van der Waals surface area contributed by atoms with E-state index in [4.69, 9.17) is 5.11 Å². The van der Waals surface area contributed by atoms with Gasteiger partial charge in [0.05, 0.1) is 0 Å². The highest BCUT2D eigenvalue weighted by Crippen LogP contribution is 2.03. The summed E-state index contributed by atoms with van der Waals surface area (Å²) in [5.41, 5.74) is 0. The fourth-order valence-electron chi connectivity index (χ4n) is 0.800. The molecule has 0 bridgehead atoms. The summed E-state index contributed by atoms with van der Waals surface area (Å²) in [7, 11) is 0. The molecule has 0 aromatic heterocycles. The molecule has 12 heavy (non-hydrogen) atoms. The maximum absolute atomic E-state index is 9.28. The lowest BCUT2D eigenvalue weighted by Crippen LogP contribution is -2.08. The van der Waals surface area contributed by atoms with Gasteiger partial charge in [-0.3, -0.25) is 0 Å². The molecule has 0 rings (SSSR count). The van der Waals surface area contributed by atoms with Crippen molar-refractivity contribution in [3.63, 3.8) is 0 Å². The average molecular weight is 170 g/mol. The van der Waals surface area contributed by atoms with Crippen LogP contribution >= 0.6 is 0 Å². The third-order valence-electron chi connectivity index (χ3n) is 1.50. The van der Waals surface area contributed by atoms with Crippen molar-refractivity contribution in [1.82, 2.24) is 0 Å². The molecular formula is C10H18O2. The monoisotopic (exact) mass is 170 g/mol. The van der Waals surface area contributed by atoms with Crippen molar-refractivity contribution < 1.29 is 10.2 Å². The minimum Gasteiger partial charge on any atom is -0.380 e. The second kappa shape index (κ2) is 6.05. The van der Waals surface area contributed by atoms with Gasteiger partial charge in [-0.15, -0.1) is 0 Å². The molecule has 2 unspecified atom stereocenters. The van der Waals surface area contributed by atoms with E-state index in [9.17, 15) is 5.11 Å². The predicted molar refractivity (Wildman–Crippen MR) is 49.5 cm³/mol. The Hall–Kier alpha value is -0.520. The molecule has 0 amide bonds. The van der Waals surface area contributed by atoms with Crippen molar-refractivity contribution >= 4 is 0 Å². The molecule has 0 radical (unpaired) electrons. The highest BCUT2D eigenvalue weighted by atomic mass is 16.3. The highest BCUT2D eigenvalue weighted by Gasteiger charge is 2.02. The molecule has 0 aliphatic carbocycles. The first-order valence-corrected chi connectivity index (χ1v) is 4.43. The summed E-state index contributed by atoms with van der Waals surface area (Å²) in [6, 6.07) is 0. The van der Waals surface area contributed by atoms with Crippen molar-refractivity contribution in [3.8, 4) is 11.8 Å². The van der Waals surface area contributed by atoms with Crippen molar-refractivity contribution in [1.29, 1.82) is 0 Å². The van der Waals surface area contributed by atoms with Crippen LogP contribution in [0.5, 0.6) is 0 Å². The third kappa shape index (κ3) is 6.21. The summed E-state index contributed by atoms with van der Waals surface area (Å²) in [4.78, 5) is 0. The summed E-state index contributed by atoms with van der Waals surface area (Å²) in [6.07, 6.45) is 0.100. The fourth-order valence-corrected chi connectivity index (χ4v) is 0.800. The van der Waals surface area contributed by atoms with E-state index >= 15 is 0 Å². The Kier molecular flexibility index (Phi) is 5.79. The Morgan fingerprint density at radius 2 is 1.58 bits per heavy atom. The van der Waals surface area contributed by atoms with Crippen LogP contribution < -0.4 is 0 Å². The first kappa shape index (κ1) is 11.5. The topological polar surface area (TPSA) is 40.5 Å². The van der Waals surface area contributed by atoms with Gasteiger partial charge in [-0.2, -0.15) is 0 Å². The predicted octanol–water partition coefficient (Wildman–Crippen LogP) is 1.17. The van der Waals surface area contributed by atoms with Crippen molar-refractivity contribution in [2.75, 3.05) is 0 Å². The summed E-state index contributed by atoms with van der Waals surface area (Å²) < 4.78 is 0. The van der Waals surface area contributed by atoms with Gasteiger partial charge < -0.3 is 10.2 Å². The van der Waals surface area contributed by atoms with Crippen LogP contribution in [-0.4, -0.2) is 22.4 Å². The first-order chi connectivity index (χ1) is 5.56. The van der Waals surface area contributed by atoms with E-state index < -0.39 is 12.2 Å². The van der Waals surface area contributed by atoms with Crippen LogP contribution in [0.15, 0.2) is 0 Å². The quantitative estimate of drug-likeness (QED) is 0.624. The molecule has 0 aromatic carbocycles. The molecule has 70 valence electrons. The van der Waals surface area contributed by atoms with Crippen LogP contribution in [0.3, 0.4) is 0 Å². The van der Waals surface area contributed by atoms with E-state index in [1.165, 1.54) is 0 Å². The molecule has 2 nitrogen and oxygen atoms in total. The van der Waals surface area contributed by atoms with Gasteiger partial charge in [-0.05, 0) is 18.8 Å². The lowest BCUT2D eigenvalue weighted by atomic mass is 10.1. The van der Waals surface area contributed by atoms with Crippen LogP contribution in [-0.2, 0) is 0 Å². The van der Waals surface area contributed by atoms with Gasteiger partial charge in [0.1, 0.15) is 12.2 Å². The van der Waals surface area contributed by atoms with Crippen LogP contribution in [0.4, 0.5) is 0 Å². The number of hydrogen-bond donors (Lipinski definition) is 2. The summed E-state index contributed by atoms with van der Waals surface area (Å²) in [5, 5.41) is 18.3. The summed E-state index contributed by atoms with van der Waals surface area (Å²) in [5.74, 6) is 5.65. The summed E-state index contributed by atoms with van der Waals surface area (Å²) in [6.45, 7) is 5.91. The Bertz CT molecular complexity index is 164. The largest absolute Gasteiger partial charge is 0.380 e. The molecule has 0 heterocycles. The molecule has 0 aromatic rings. The zero-order chi connectivity index (χ0) is 9.56. The van der Waals surface area contributed by atoms with Gasteiger partial charge in [0.25, 0.3) is 0 Å². The average Bonchev–Trinajstić information content (AvgIpc) is 1.99. The van der Waals surface area contributed by atoms with E-state index in [2.05, 4.69) is 11.8 Å². The maximum atomic E-state index is 9.28. The highest BCUT2D eigenvalue weighted by molar-refractivity contribution is 5.08. The molecule has 0 fully saturated rings. The SMILES string of the molecule is CCC(O)C#CC(O)CC(C)C. The zero-order valence-corrected chi connectivity index (χ0v) is 8.04. The standard InChI is InChI=1S/C10H18O2/c1-4-9(11)5-6-10(12)7-8(2)3/h8-12H,4,7H2,1-3H3. The third-order valence-corrected chi connectivity index (χ3v) is 1.50. The van der Waals surface area contributed by atoms with Gasteiger partial charge in [-0.25, -0.2) is 0 Å². The van der Waals surface area contributed by atoms with Crippen LogP contribution in [0.2, 0.25) is 0 Å². The Labute approximate surface area is 74.6 Å². The normalized spacial score (nSPS) is 15.2. The van der Waals surface area contributed by atoms with Crippen LogP contribution in [0.25, 0.3) is 0 Å². The molecule has 0 spiro atoms. The molecule has 0 saturated carbocycles. The van der Waals surface area contributed by atoms with Crippen molar-refractivity contribution in [2.24, 2.45) is 5.92 Å². The smallest absolute Gasteiger partial charge is 0.115 e. The van der Waals surface area contributed by atoms with Crippen molar-refractivity contribution in [2.45, 2.75) is 45.8 Å². The zero-order valence-electron chi connectivity index (χ0n) is 8.04. The van der Waals surface area contributed by atoms with E-state index in [1.54, 1.807) is 0 Å². The van der Waals surface area contributed by atoms with E-state index in [0.717, 1.165) is 0 Å². The van der Waals surface area contributed by atoms with Gasteiger partial charge in [0, 0.05) is 0 Å². The second-order valence-electron chi connectivity index (χ2n) is 3.36. The number of rotatable bonds is 3. The molecule has 2 atom stereocenters. The number of aliphatic hydroxyl groups is 2. The number of aliphatic hydroxyl groups excluding tert-OH is 2. The second-order valence-corrected chi connectivity index (χ2v) is 3.36. The van der Waals surface area contributed by atoms with E-state index in [0.29, 0.717) is 18.8 Å². The molecule has 2 N–H and O–H groups in total. The van der Waals surface area contributed by atoms with Crippen molar-refractivity contribution in [3.05, 3.63) is 0 Å². The summed E-state index contributed by atoms with van der Waals surface area (Å²) >= 11 is 0. The Morgan fingerprint density at radius 3 is 2.00 bits per heavy atom. The van der Waals surface area contributed by atoms with E-state index in [1.807, 2.05) is 20.8 Å². The molecular weight excluding hydrogens is 152 g/mol. The van der Waals surface area contributed by atoms with E-state index in [-0.39, 0.29) is 0 Å². The lowest BCUT2D eigenvalue weighted by Gasteiger charge is -2.05. The first-order valence-electron chi connectivity index (χ1n) is 4.43.